The third kappa shape index (κ3) is 10.7. The van der Waals surface area contributed by atoms with E-state index in [1.807, 2.05) is 11.8 Å². The average Bonchev–Trinajstić information content (AvgIpc) is 0.868. The molecular weight excluding hydrogens is 1220 g/mol. The summed E-state index contributed by atoms with van der Waals surface area (Å²) in [5.41, 5.74) is 31.3. The van der Waals surface area contributed by atoms with Crippen LogP contribution in [-0.2, 0) is 21.7 Å². The number of rotatable bonds is 8. The first-order valence-corrected chi connectivity index (χ1v) is 36.0. The normalized spacial score (nSPS) is 13.2. The molecule has 0 fully saturated rings. The van der Waals surface area contributed by atoms with Gasteiger partial charge in [-0.05, 0) is 201 Å². The Labute approximate surface area is 587 Å². The third-order valence-electron chi connectivity index (χ3n) is 21.0. The number of anilines is 3. The highest BCUT2D eigenvalue weighted by molar-refractivity contribution is 8.00. The van der Waals surface area contributed by atoms with Gasteiger partial charge in [0.05, 0.1) is 16.7 Å². The summed E-state index contributed by atoms with van der Waals surface area (Å²) in [7, 11) is 0. The average molecular weight is 1300 g/mol. The van der Waals surface area contributed by atoms with E-state index in [4.69, 9.17) is 4.42 Å². The van der Waals surface area contributed by atoms with E-state index < -0.39 is 0 Å². The zero-order valence-corrected chi connectivity index (χ0v) is 59.6. The summed E-state index contributed by atoms with van der Waals surface area (Å²) in [5, 5.41) is 4.63. The van der Waals surface area contributed by atoms with Crippen LogP contribution in [0.25, 0.3) is 116 Å². The van der Waals surface area contributed by atoms with Crippen molar-refractivity contribution in [3.63, 3.8) is 0 Å². The van der Waals surface area contributed by atoms with Crippen molar-refractivity contribution in [3.8, 4) is 72.4 Å². The Hall–Kier alpha value is -10.3. The zero-order chi connectivity index (χ0) is 68.0. The van der Waals surface area contributed by atoms with Gasteiger partial charge in [0.25, 0.3) is 0 Å². The topological polar surface area (TPSA) is 21.3 Å². The van der Waals surface area contributed by atoms with Crippen LogP contribution >= 0.6 is 11.8 Å². The summed E-state index contributed by atoms with van der Waals surface area (Å²) in [6.07, 6.45) is 0. The first-order valence-electron chi connectivity index (χ1n) is 35.1. The minimum absolute atomic E-state index is 0.104. The summed E-state index contributed by atoms with van der Waals surface area (Å²) in [6.45, 7) is 28.3. The number of hydrogen-bond acceptors (Lipinski definition) is 3. The maximum atomic E-state index is 6.93. The van der Waals surface area contributed by atoms with Crippen LogP contribution in [0.5, 0.6) is 0 Å². The maximum absolute atomic E-state index is 6.93. The lowest BCUT2D eigenvalue weighted by atomic mass is 9.34. The van der Waals surface area contributed by atoms with E-state index in [1.165, 1.54) is 126 Å². The Balaban J connectivity index is 1.03. The lowest BCUT2D eigenvalue weighted by molar-refractivity contribution is 0.569. The van der Waals surface area contributed by atoms with Crippen LogP contribution in [-0.4, -0.2) is 11.3 Å². The van der Waals surface area contributed by atoms with Gasteiger partial charge in [-0.2, -0.15) is 0 Å². The Morgan fingerprint density at radius 1 is 0.313 bits per heavy atom. The van der Waals surface area contributed by atoms with E-state index in [1.54, 1.807) is 0 Å². The van der Waals surface area contributed by atoms with Crippen molar-refractivity contribution >= 4 is 95.7 Å². The summed E-state index contributed by atoms with van der Waals surface area (Å²) in [6, 6.07) is 104. The van der Waals surface area contributed by atoms with Crippen LogP contribution in [0.2, 0.25) is 0 Å². The fourth-order valence-electron chi connectivity index (χ4n) is 15.7. The van der Waals surface area contributed by atoms with Crippen LogP contribution in [0.3, 0.4) is 0 Å². The minimum Gasteiger partial charge on any atom is -0.456 e. The van der Waals surface area contributed by atoms with Crippen molar-refractivity contribution in [2.75, 3.05) is 4.90 Å². The molecule has 0 saturated heterocycles. The molecule has 0 saturated carbocycles. The van der Waals surface area contributed by atoms with Gasteiger partial charge in [-0.3, -0.25) is 0 Å². The van der Waals surface area contributed by atoms with E-state index >= 15 is 0 Å². The highest BCUT2D eigenvalue weighted by atomic mass is 32.2. The maximum Gasteiger partial charge on any atom is 0.249 e. The standard InChI is InChI=1S/C94H81BN2OS/c1-91(2,3)66-43-44-77-81(57-66)97(90-75(71-36-26-39-80-87(71)73-34-22-24-38-79(73)96(80)70-32-20-15-21-33-70)55-69(94(10,11)12)56-76(90)72-37-27-41-84-88(72)74-35-23-25-40-83(74)98-84)82-52-65(64-49-67(92(4,5)6)54-68(50-64)93(7,8)9)53-86-89(82)95(77)78-51-60(42-45-85(78)99-86)63-47-61(58-28-16-13-17-29-58)46-62(48-63)59-30-18-14-19-31-59/h13-57H,1-12H3. The molecule has 0 unspecified atom stereocenters. The van der Waals surface area contributed by atoms with Crippen LogP contribution in [0.4, 0.5) is 17.1 Å². The van der Waals surface area contributed by atoms with Gasteiger partial charge in [0, 0.05) is 59.5 Å². The van der Waals surface area contributed by atoms with Gasteiger partial charge >= 0.3 is 0 Å². The lowest BCUT2D eigenvalue weighted by Crippen LogP contribution is -2.60. The highest BCUT2D eigenvalue weighted by Gasteiger charge is 2.44. The zero-order valence-electron chi connectivity index (χ0n) is 58.8. The molecule has 0 amide bonds. The van der Waals surface area contributed by atoms with Crippen LogP contribution in [0, 0.1) is 0 Å². The summed E-state index contributed by atoms with van der Waals surface area (Å²) < 4.78 is 9.40. The van der Waals surface area contributed by atoms with E-state index in [0.717, 1.165) is 55.5 Å². The van der Waals surface area contributed by atoms with Crippen LogP contribution in [0.1, 0.15) is 105 Å². The second-order valence-corrected chi connectivity index (χ2v) is 32.8. The fourth-order valence-corrected chi connectivity index (χ4v) is 16.9. The molecule has 0 aliphatic carbocycles. The molecule has 2 aliphatic rings. The van der Waals surface area contributed by atoms with E-state index in [9.17, 15) is 0 Å². The molecule has 2 aromatic heterocycles. The monoisotopic (exact) mass is 1300 g/mol. The summed E-state index contributed by atoms with van der Waals surface area (Å²) >= 11 is 1.93. The van der Waals surface area contributed by atoms with Crippen molar-refractivity contribution in [1.82, 2.24) is 4.57 Å². The Morgan fingerprint density at radius 2 is 0.828 bits per heavy atom. The molecule has 482 valence electrons. The number of fused-ring (bicyclic) bond motifs is 10. The van der Waals surface area contributed by atoms with Crippen molar-refractivity contribution in [3.05, 3.63) is 295 Å². The molecule has 0 bridgehead atoms. The predicted molar refractivity (Wildman–Crippen MR) is 425 cm³/mol. The molecule has 99 heavy (non-hydrogen) atoms. The van der Waals surface area contributed by atoms with Gasteiger partial charge in [-0.1, -0.05) is 282 Å². The van der Waals surface area contributed by atoms with Gasteiger partial charge in [0.1, 0.15) is 11.2 Å². The Morgan fingerprint density at radius 3 is 1.46 bits per heavy atom. The number of furan rings is 1. The first-order chi connectivity index (χ1) is 47.6. The van der Waals surface area contributed by atoms with Crippen molar-refractivity contribution < 1.29 is 4.42 Å². The van der Waals surface area contributed by atoms with Crippen molar-refractivity contribution in [1.29, 1.82) is 0 Å². The Kier molecular flexibility index (Phi) is 14.5. The van der Waals surface area contributed by atoms with Gasteiger partial charge in [0.2, 0.25) is 6.71 Å². The molecular formula is C94H81BN2OS. The summed E-state index contributed by atoms with van der Waals surface area (Å²) in [4.78, 5) is 5.31. The van der Waals surface area contributed by atoms with Gasteiger partial charge in [-0.15, -0.1) is 0 Å². The number of aromatic nitrogens is 1. The number of para-hydroxylation sites is 3. The molecule has 3 nitrogen and oxygen atoms in total. The summed E-state index contributed by atoms with van der Waals surface area (Å²) in [5.74, 6) is 0. The molecule has 2 aliphatic heterocycles. The third-order valence-corrected chi connectivity index (χ3v) is 22.2. The van der Waals surface area contributed by atoms with Crippen LogP contribution in [0.15, 0.2) is 287 Å². The molecule has 0 atom stereocenters. The lowest BCUT2D eigenvalue weighted by Gasteiger charge is -2.43. The molecule has 0 radical (unpaired) electrons. The second-order valence-electron chi connectivity index (χ2n) is 31.7. The van der Waals surface area contributed by atoms with E-state index in [0.29, 0.717) is 0 Å². The molecule has 4 heterocycles. The quantitative estimate of drug-likeness (QED) is 0.142. The first kappa shape index (κ1) is 62.2. The molecule has 0 N–H and O–H groups in total. The molecule has 15 aromatic rings. The number of hydrogen-bond donors (Lipinski definition) is 0. The highest BCUT2D eigenvalue weighted by Crippen LogP contribution is 2.55. The predicted octanol–water partition coefficient (Wildman–Crippen LogP) is 24.6. The van der Waals surface area contributed by atoms with Crippen molar-refractivity contribution in [2.24, 2.45) is 0 Å². The minimum atomic E-state index is -0.271. The molecule has 13 aromatic carbocycles. The largest absolute Gasteiger partial charge is 0.456 e. The Bertz CT molecular complexity index is 5660. The number of benzene rings is 13. The molecule has 0 spiro atoms. The fraction of sp³-hybridized carbons (Fsp3) is 0.170. The van der Waals surface area contributed by atoms with Crippen molar-refractivity contribution in [2.45, 2.75) is 115 Å². The van der Waals surface area contributed by atoms with Gasteiger partial charge in [0.15, 0.2) is 0 Å². The molecule has 5 heteroatoms. The van der Waals surface area contributed by atoms with E-state index in [-0.39, 0.29) is 28.4 Å². The van der Waals surface area contributed by atoms with Gasteiger partial charge < -0.3 is 13.9 Å². The smallest absolute Gasteiger partial charge is 0.249 e. The second kappa shape index (κ2) is 23.2. The van der Waals surface area contributed by atoms with E-state index in [2.05, 4.69) is 366 Å². The molecule has 17 rings (SSSR count). The van der Waals surface area contributed by atoms with Gasteiger partial charge in [-0.25, -0.2) is 0 Å². The SMILES string of the molecule is CC(C)(C)c1cc(-c2cc3c4c(c2)N(c2c(-c5cccc6oc7ccccc7c56)cc(C(C)(C)C)cc2-c2cccc5c2c2ccccc2n5-c2ccccc2)c2cc(C(C)(C)C)ccc2B4c2cc(-c4cc(-c5ccccc5)cc(-c5ccccc5)c4)ccc2S3)cc(C(C)(C)C)c1. The van der Waals surface area contributed by atoms with Crippen LogP contribution < -0.4 is 21.3 Å². The number of nitrogens with zero attached hydrogens (tertiary/aromatic N) is 2.